The van der Waals surface area contributed by atoms with Gasteiger partial charge in [-0.05, 0) is 48.9 Å². The molecular weight excluding hydrogens is 304 g/mol. The smallest absolute Gasteiger partial charge is 0.268 e. The van der Waals surface area contributed by atoms with Gasteiger partial charge in [-0.15, -0.1) is 0 Å². The fourth-order valence-electron chi connectivity index (χ4n) is 2.61. The van der Waals surface area contributed by atoms with E-state index < -0.39 is 0 Å². The van der Waals surface area contributed by atoms with Gasteiger partial charge in [-0.3, -0.25) is 4.79 Å². The van der Waals surface area contributed by atoms with Crippen LogP contribution < -0.4 is 14.8 Å². The number of carbonyl (C=O) groups excluding carboxylic acids is 1. The summed E-state index contributed by atoms with van der Waals surface area (Å²) in [7, 11) is 3.25. The molecule has 0 saturated heterocycles. The second kappa shape index (κ2) is 6.66. The highest BCUT2D eigenvalue weighted by molar-refractivity contribution is 5.98. The average Bonchev–Trinajstić information content (AvgIpc) is 3.05. The van der Waals surface area contributed by atoms with E-state index in [0.29, 0.717) is 5.69 Å². The SMILES string of the molecule is COc1ccc(C(C)NC(=O)c2cc3cc(OC)ccc3[nH]2)cc1. The first-order valence-electron chi connectivity index (χ1n) is 7.72. The van der Waals surface area contributed by atoms with Crippen LogP contribution in [0.5, 0.6) is 11.5 Å². The summed E-state index contributed by atoms with van der Waals surface area (Å²) in [5, 5.41) is 3.94. The van der Waals surface area contributed by atoms with E-state index in [1.165, 1.54) is 0 Å². The van der Waals surface area contributed by atoms with E-state index in [2.05, 4.69) is 10.3 Å². The number of aromatic amines is 1. The second-order valence-electron chi connectivity index (χ2n) is 5.60. The molecule has 3 aromatic rings. The number of H-pyrrole nitrogens is 1. The molecule has 24 heavy (non-hydrogen) atoms. The fraction of sp³-hybridized carbons (Fsp3) is 0.211. The minimum Gasteiger partial charge on any atom is -0.497 e. The number of benzene rings is 2. The van der Waals surface area contributed by atoms with Gasteiger partial charge in [0.05, 0.1) is 20.3 Å². The average molecular weight is 324 g/mol. The molecule has 124 valence electrons. The summed E-state index contributed by atoms with van der Waals surface area (Å²) in [6, 6.07) is 15.0. The second-order valence-corrected chi connectivity index (χ2v) is 5.60. The number of aromatic nitrogens is 1. The molecule has 2 aromatic carbocycles. The Morgan fingerprint density at radius 1 is 1.00 bits per heavy atom. The van der Waals surface area contributed by atoms with Crippen LogP contribution in [0.25, 0.3) is 10.9 Å². The standard InChI is InChI=1S/C19H20N2O3/c1-12(13-4-6-15(23-2)7-5-13)20-19(22)18-11-14-10-16(24-3)8-9-17(14)21-18/h4-12,21H,1-3H3,(H,20,22). The van der Waals surface area contributed by atoms with Gasteiger partial charge in [0.25, 0.3) is 5.91 Å². The van der Waals surface area contributed by atoms with Gasteiger partial charge in [0.15, 0.2) is 0 Å². The Morgan fingerprint density at radius 3 is 2.33 bits per heavy atom. The Kier molecular flexibility index (Phi) is 4.42. The van der Waals surface area contributed by atoms with Crippen molar-refractivity contribution in [2.75, 3.05) is 14.2 Å². The number of hydrogen-bond acceptors (Lipinski definition) is 3. The summed E-state index contributed by atoms with van der Waals surface area (Å²) in [6.07, 6.45) is 0. The van der Waals surface area contributed by atoms with Crippen LogP contribution in [0.15, 0.2) is 48.5 Å². The van der Waals surface area contributed by atoms with Gasteiger partial charge in [0.1, 0.15) is 17.2 Å². The van der Waals surface area contributed by atoms with Gasteiger partial charge in [-0.25, -0.2) is 0 Å². The molecule has 0 aliphatic carbocycles. The van der Waals surface area contributed by atoms with Crippen molar-refractivity contribution in [2.24, 2.45) is 0 Å². The van der Waals surface area contributed by atoms with E-state index in [1.54, 1.807) is 14.2 Å². The summed E-state index contributed by atoms with van der Waals surface area (Å²) in [5.74, 6) is 1.41. The minimum absolute atomic E-state index is 0.107. The molecule has 0 spiro atoms. The summed E-state index contributed by atoms with van der Waals surface area (Å²) in [5.41, 5.74) is 2.44. The van der Waals surface area contributed by atoms with Crippen LogP contribution in [0, 0.1) is 0 Å². The van der Waals surface area contributed by atoms with Crippen LogP contribution in [0.3, 0.4) is 0 Å². The molecular formula is C19H20N2O3. The number of rotatable bonds is 5. The molecule has 0 radical (unpaired) electrons. The molecule has 1 amide bonds. The predicted molar refractivity (Wildman–Crippen MR) is 93.7 cm³/mol. The van der Waals surface area contributed by atoms with Crippen molar-refractivity contribution in [3.63, 3.8) is 0 Å². The molecule has 2 N–H and O–H groups in total. The number of amides is 1. The maximum Gasteiger partial charge on any atom is 0.268 e. The lowest BCUT2D eigenvalue weighted by atomic mass is 10.1. The zero-order chi connectivity index (χ0) is 17.1. The number of ether oxygens (including phenoxy) is 2. The number of hydrogen-bond donors (Lipinski definition) is 2. The fourth-order valence-corrected chi connectivity index (χ4v) is 2.61. The summed E-state index contributed by atoms with van der Waals surface area (Å²) in [4.78, 5) is 15.6. The van der Waals surface area contributed by atoms with E-state index in [1.807, 2.05) is 55.5 Å². The third-order valence-electron chi connectivity index (χ3n) is 4.04. The molecule has 0 fully saturated rings. The topological polar surface area (TPSA) is 63.4 Å². The lowest BCUT2D eigenvalue weighted by molar-refractivity contribution is 0.0935. The number of fused-ring (bicyclic) bond motifs is 1. The molecule has 0 saturated carbocycles. The molecule has 0 bridgehead atoms. The van der Waals surface area contributed by atoms with Gasteiger partial charge < -0.3 is 19.8 Å². The van der Waals surface area contributed by atoms with Gasteiger partial charge in [-0.2, -0.15) is 0 Å². The Balaban J connectivity index is 1.75. The quantitative estimate of drug-likeness (QED) is 0.752. The first kappa shape index (κ1) is 15.9. The number of methoxy groups -OCH3 is 2. The Labute approximate surface area is 140 Å². The van der Waals surface area contributed by atoms with Crippen molar-refractivity contribution >= 4 is 16.8 Å². The van der Waals surface area contributed by atoms with Crippen LogP contribution in [-0.2, 0) is 0 Å². The van der Waals surface area contributed by atoms with Crippen molar-refractivity contribution in [2.45, 2.75) is 13.0 Å². The molecule has 0 aliphatic heterocycles. The van der Waals surface area contributed by atoms with E-state index in [9.17, 15) is 4.79 Å². The third kappa shape index (κ3) is 3.20. The van der Waals surface area contributed by atoms with Crippen LogP contribution >= 0.6 is 0 Å². The summed E-state index contributed by atoms with van der Waals surface area (Å²) in [6.45, 7) is 1.95. The Bertz CT molecular complexity index is 853. The largest absolute Gasteiger partial charge is 0.497 e. The van der Waals surface area contributed by atoms with E-state index in [-0.39, 0.29) is 11.9 Å². The molecule has 1 heterocycles. The van der Waals surface area contributed by atoms with Crippen molar-refractivity contribution in [3.05, 3.63) is 59.8 Å². The number of carbonyl (C=O) groups is 1. The summed E-state index contributed by atoms with van der Waals surface area (Å²) >= 11 is 0. The van der Waals surface area contributed by atoms with E-state index in [4.69, 9.17) is 9.47 Å². The highest BCUT2D eigenvalue weighted by Gasteiger charge is 2.14. The maximum atomic E-state index is 12.5. The predicted octanol–water partition coefficient (Wildman–Crippen LogP) is 3.68. The van der Waals surface area contributed by atoms with Gasteiger partial charge >= 0.3 is 0 Å². The number of nitrogens with one attached hydrogen (secondary N) is 2. The normalized spacial score (nSPS) is 12.0. The molecule has 1 unspecified atom stereocenters. The lowest BCUT2D eigenvalue weighted by Gasteiger charge is -2.14. The zero-order valence-corrected chi connectivity index (χ0v) is 13.9. The first-order valence-corrected chi connectivity index (χ1v) is 7.72. The van der Waals surface area contributed by atoms with Crippen molar-refractivity contribution < 1.29 is 14.3 Å². The molecule has 3 rings (SSSR count). The molecule has 5 heteroatoms. The van der Waals surface area contributed by atoms with E-state index >= 15 is 0 Å². The monoisotopic (exact) mass is 324 g/mol. The zero-order valence-electron chi connectivity index (χ0n) is 13.9. The van der Waals surface area contributed by atoms with Gasteiger partial charge in [0, 0.05) is 10.9 Å². The van der Waals surface area contributed by atoms with Gasteiger partial charge in [-0.1, -0.05) is 12.1 Å². The maximum absolute atomic E-state index is 12.5. The molecule has 1 atom stereocenters. The Morgan fingerprint density at radius 2 is 1.67 bits per heavy atom. The minimum atomic E-state index is -0.145. The first-order chi connectivity index (χ1) is 11.6. The molecule has 1 aromatic heterocycles. The van der Waals surface area contributed by atoms with Crippen molar-refractivity contribution in [3.8, 4) is 11.5 Å². The van der Waals surface area contributed by atoms with Gasteiger partial charge in [0.2, 0.25) is 0 Å². The van der Waals surface area contributed by atoms with E-state index in [0.717, 1.165) is 28.0 Å². The third-order valence-corrected chi connectivity index (χ3v) is 4.04. The molecule has 0 aliphatic rings. The lowest BCUT2D eigenvalue weighted by Crippen LogP contribution is -2.26. The van der Waals surface area contributed by atoms with Crippen LogP contribution in [0.1, 0.15) is 29.0 Å². The van der Waals surface area contributed by atoms with Crippen LogP contribution in [0.4, 0.5) is 0 Å². The van der Waals surface area contributed by atoms with Crippen molar-refractivity contribution in [1.82, 2.24) is 10.3 Å². The summed E-state index contributed by atoms with van der Waals surface area (Å²) < 4.78 is 10.4. The van der Waals surface area contributed by atoms with Crippen LogP contribution in [0.2, 0.25) is 0 Å². The highest BCUT2D eigenvalue weighted by atomic mass is 16.5. The Hall–Kier alpha value is -2.95. The molecule has 5 nitrogen and oxygen atoms in total. The highest BCUT2D eigenvalue weighted by Crippen LogP contribution is 2.22. The van der Waals surface area contributed by atoms with Crippen molar-refractivity contribution in [1.29, 1.82) is 0 Å². The van der Waals surface area contributed by atoms with Crippen LogP contribution in [-0.4, -0.2) is 25.1 Å².